The molecular formula is C20H21N5O. The number of para-hydroxylation sites is 2. The molecule has 0 spiro atoms. The minimum absolute atomic E-state index is 0.528. The van der Waals surface area contributed by atoms with Crippen LogP contribution in [0.5, 0.6) is 0 Å². The van der Waals surface area contributed by atoms with Gasteiger partial charge in [-0.25, -0.2) is 15.0 Å². The number of rotatable bonds is 6. The number of imidazole rings is 1. The highest BCUT2D eigenvalue weighted by molar-refractivity contribution is 5.80. The van der Waals surface area contributed by atoms with E-state index in [1.165, 1.54) is 0 Å². The summed E-state index contributed by atoms with van der Waals surface area (Å²) in [5.41, 5.74) is 2.97. The van der Waals surface area contributed by atoms with Gasteiger partial charge in [0.25, 0.3) is 0 Å². The first-order valence-electron chi connectivity index (χ1n) is 8.85. The second kappa shape index (κ2) is 7.00. The van der Waals surface area contributed by atoms with Crippen LogP contribution in [0.15, 0.2) is 59.5 Å². The van der Waals surface area contributed by atoms with Crippen molar-refractivity contribution in [1.29, 1.82) is 0 Å². The molecule has 0 fully saturated rings. The van der Waals surface area contributed by atoms with Gasteiger partial charge in [0.05, 0.1) is 17.2 Å². The van der Waals surface area contributed by atoms with Gasteiger partial charge in [-0.15, -0.1) is 0 Å². The number of hydrogen-bond donors (Lipinski definition) is 0. The van der Waals surface area contributed by atoms with Crippen LogP contribution in [0.3, 0.4) is 0 Å². The molecule has 0 aliphatic heterocycles. The molecule has 3 heterocycles. The van der Waals surface area contributed by atoms with E-state index < -0.39 is 0 Å². The summed E-state index contributed by atoms with van der Waals surface area (Å²) in [6, 6.07) is 12.2. The molecule has 0 saturated heterocycles. The zero-order chi connectivity index (χ0) is 17.9. The minimum Gasteiger partial charge on any atom is -0.447 e. The largest absolute Gasteiger partial charge is 0.447 e. The first kappa shape index (κ1) is 16.3. The second-order valence-corrected chi connectivity index (χ2v) is 6.01. The smallest absolute Gasteiger partial charge is 0.213 e. The summed E-state index contributed by atoms with van der Waals surface area (Å²) in [5, 5.41) is 0. The monoisotopic (exact) mass is 347 g/mol. The lowest BCUT2D eigenvalue weighted by Gasteiger charge is -2.19. The van der Waals surface area contributed by atoms with Gasteiger partial charge >= 0.3 is 0 Å². The van der Waals surface area contributed by atoms with Crippen LogP contribution in [0.25, 0.3) is 22.4 Å². The molecule has 26 heavy (non-hydrogen) atoms. The summed E-state index contributed by atoms with van der Waals surface area (Å²) in [6.45, 7) is 6.67. The molecule has 0 saturated carbocycles. The zero-order valence-corrected chi connectivity index (χ0v) is 15.0. The predicted octanol–water partition coefficient (Wildman–Crippen LogP) is 3.98. The first-order valence-corrected chi connectivity index (χ1v) is 8.85. The Bertz CT molecular complexity index is 985. The maximum absolute atomic E-state index is 5.44. The second-order valence-electron chi connectivity index (χ2n) is 6.01. The molecule has 0 radical (unpaired) electrons. The van der Waals surface area contributed by atoms with Gasteiger partial charge in [-0.05, 0) is 38.1 Å². The third-order valence-electron chi connectivity index (χ3n) is 4.52. The quantitative estimate of drug-likeness (QED) is 0.528. The number of fused-ring (bicyclic) bond motifs is 1. The Balaban J connectivity index is 1.78. The Morgan fingerprint density at radius 2 is 1.88 bits per heavy atom. The summed E-state index contributed by atoms with van der Waals surface area (Å²) in [4.78, 5) is 15.9. The summed E-state index contributed by atoms with van der Waals surface area (Å²) >= 11 is 0. The molecule has 4 aromatic rings. The lowest BCUT2D eigenvalue weighted by Crippen LogP contribution is -2.22. The molecule has 0 atom stereocenters. The van der Waals surface area contributed by atoms with Crippen molar-refractivity contribution in [3.63, 3.8) is 0 Å². The number of hydrogen-bond acceptors (Lipinski definition) is 5. The first-order chi connectivity index (χ1) is 12.8. The van der Waals surface area contributed by atoms with E-state index in [1.54, 1.807) is 12.5 Å². The third kappa shape index (κ3) is 2.94. The van der Waals surface area contributed by atoms with E-state index in [2.05, 4.69) is 51.5 Å². The number of pyridine rings is 1. The van der Waals surface area contributed by atoms with Crippen LogP contribution in [0, 0.1) is 0 Å². The summed E-state index contributed by atoms with van der Waals surface area (Å²) in [6.07, 6.45) is 5.14. The zero-order valence-electron chi connectivity index (χ0n) is 15.0. The number of anilines is 1. The van der Waals surface area contributed by atoms with Gasteiger partial charge in [-0.2, -0.15) is 0 Å². The molecule has 6 heteroatoms. The SMILES string of the molecule is CCN(CC)c1ccc(-c2nc3ccccc3n2Cc2ncco2)cn1. The van der Waals surface area contributed by atoms with E-state index in [0.717, 1.165) is 41.3 Å². The van der Waals surface area contributed by atoms with Gasteiger partial charge in [-0.1, -0.05) is 12.1 Å². The van der Waals surface area contributed by atoms with Crippen molar-refractivity contribution < 1.29 is 4.42 Å². The van der Waals surface area contributed by atoms with Crippen molar-refractivity contribution in [1.82, 2.24) is 19.5 Å². The van der Waals surface area contributed by atoms with Crippen LogP contribution in [0.1, 0.15) is 19.7 Å². The molecule has 4 rings (SSSR count). The lowest BCUT2D eigenvalue weighted by atomic mass is 10.2. The van der Waals surface area contributed by atoms with Crippen LogP contribution in [-0.2, 0) is 6.54 Å². The number of oxazole rings is 1. The average Bonchev–Trinajstić information content (AvgIpc) is 3.32. The number of nitrogens with zero attached hydrogens (tertiary/aromatic N) is 5. The van der Waals surface area contributed by atoms with Gasteiger partial charge < -0.3 is 13.9 Å². The summed E-state index contributed by atoms with van der Waals surface area (Å²) < 4.78 is 7.56. The van der Waals surface area contributed by atoms with Crippen LogP contribution in [-0.4, -0.2) is 32.6 Å². The Morgan fingerprint density at radius 3 is 2.58 bits per heavy atom. The normalized spacial score (nSPS) is 11.2. The summed E-state index contributed by atoms with van der Waals surface area (Å²) in [7, 11) is 0. The number of aromatic nitrogens is 4. The lowest BCUT2D eigenvalue weighted by molar-refractivity contribution is 0.482. The molecule has 0 N–H and O–H groups in total. The minimum atomic E-state index is 0.528. The van der Waals surface area contributed by atoms with Gasteiger partial charge in [0.15, 0.2) is 0 Å². The maximum Gasteiger partial charge on any atom is 0.213 e. The van der Waals surface area contributed by atoms with Crippen molar-refractivity contribution >= 4 is 16.9 Å². The summed E-state index contributed by atoms with van der Waals surface area (Å²) in [5.74, 6) is 2.50. The molecule has 0 unspecified atom stereocenters. The molecule has 0 aliphatic carbocycles. The average molecular weight is 347 g/mol. The standard InChI is InChI=1S/C20H21N5O/c1-3-24(4-2)18-10-9-15(13-22-18)20-23-16-7-5-6-8-17(16)25(20)14-19-21-11-12-26-19/h5-13H,3-4,14H2,1-2H3. The van der Waals surface area contributed by atoms with Gasteiger partial charge in [0.1, 0.15) is 24.5 Å². The fourth-order valence-corrected chi connectivity index (χ4v) is 3.18. The van der Waals surface area contributed by atoms with Crippen molar-refractivity contribution in [2.45, 2.75) is 20.4 Å². The van der Waals surface area contributed by atoms with Crippen LogP contribution in [0.2, 0.25) is 0 Å². The molecule has 6 nitrogen and oxygen atoms in total. The van der Waals surface area contributed by atoms with Gasteiger partial charge in [0.2, 0.25) is 5.89 Å². The van der Waals surface area contributed by atoms with E-state index in [-0.39, 0.29) is 0 Å². The van der Waals surface area contributed by atoms with E-state index >= 15 is 0 Å². The predicted molar refractivity (Wildman–Crippen MR) is 102 cm³/mol. The van der Waals surface area contributed by atoms with Crippen LogP contribution < -0.4 is 4.90 Å². The Morgan fingerprint density at radius 1 is 1.04 bits per heavy atom. The Labute approximate surface area is 152 Å². The van der Waals surface area contributed by atoms with Crippen molar-refractivity contribution in [3.8, 4) is 11.4 Å². The van der Waals surface area contributed by atoms with Crippen molar-refractivity contribution in [2.75, 3.05) is 18.0 Å². The molecule has 132 valence electrons. The molecule has 0 amide bonds. The van der Waals surface area contributed by atoms with E-state index in [4.69, 9.17) is 9.40 Å². The van der Waals surface area contributed by atoms with Crippen LogP contribution in [0.4, 0.5) is 5.82 Å². The van der Waals surface area contributed by atoms with Crippen LogP contribution >= 0.6 is 0 Å². The highest BCUT2D eigenvalue weighted by atomic mass is 16.3. The fraction of sp³-hybridized carbons (Fsp3) is 0.250. The number of benzene rings is 1. The molecule has 0 aliphatic rings. The van der Waals surface area contributed by atoms with Gasteiger partial charge in [-0.3, -0.25) is 0 Å². The van der Waals surface area contributed by atoms with Crippen molar-refractivity contribution in [3.05, 3.63) is 60.9 Å². The van der Waals surface area contributed by atoms with Crippen molar-refractivity contribution in [2.24, 2.45) is 0 Å². The molecular weight excluding hydrogens is 326 g/mol. The third-order valence-corrected chi connectivity index (χ3v) is 4.52. The molecule has 3 aromatic heterocycles. The Kier molecular flexibility index (Phi) is 4.39. The van der Waals surface area contributed by atoms with E-state index in [9.17, 15) is 0 Å². The topological polar surface area (TPSA) is 60.0 Å². The fourth-order valence-electron chi connectivity index (χ4n) is 3.18. The van der Waals surface area contributed by atoms with E-state index in [0.29, 0.717) is 12.4 Å². The Hall–Kier alpha value is -3.15. The van der Waals surface area contributed by atoms with Gasteiger partial charge in [0, 0.05) is 24.8 Å². The van der Waals surface area contributed by atoms with E-state index in [1.807, 2.05) is 24.4 Å². The molecule has 1 aromatic carbocycles. The highest BCUT2D eigenvalue weighted by Gasteiger charge is 2.15. The highest BCUT2D eigenvalue weighted by Crippen LogP contribution is 2.26. The molecule has 0 bridgehead atoms. The maximum atomic E-state index is 5.44.